The van der Waals surface area contributed by atoms with E-state index in [1.807, 2.05) is 6.92 Å². The summed E-state index contributed by atoms with van der Waals surface area (Å²) in [7, 11) is 0. The van der Waals surface area contributed by atoms with Gasteiger partial charge in [0.1, 0.15) is 0 Å². The Hall–Kier alpha value is 0.763. The van der Waals surface area contributed by atoms with E-state index in [0.717, 1.165) is 6.42 Å². The quantitative estimate of drug-likeness (QED) is 0.520. The van der Waals surface area contributed by atoms with Crippen molar-refractivity contribution in [2.45, 2.75) is 13.3 Å². The Bertz CT molecular complexity index is 10.1. The molecule has 0 unspecified atom stereocenters. The van der Waals surface area contributed by atoms with Gasteiger partial charge >= 0.3 is 26.2 Å². The maximum absolute atomic E-state index is 3.49. The van der Waals surface area contributed by atoms with Crippen LogP contribution in [0.5, 0.6) is 0 Å². The van der Waals surface area contributed by atoms with Gasteiger partial charge in [-0.05, 0) is 0 Å². The van der Waals surface area contributed by atoms with Crippen molar-refractivity contribution >= 4 is 0 Å². The van der Waals surface area contributed by atoms with Gasteiger partial charge in [-0.2, -0.15) is 6.42 Å². The zero-order chi connectivity index (χ0) is 2.71. The molecule has 0 aromatic carbocycles. The molecule has 0 aliphatic heterocycles. The number of hydrogen-bond donors (Lipinski definition) is 0. The Balaban J connectivity index is -0.00000000333. The van der Waals surface area contributed by atoms with Crippen LogP contribution in [0.3, 0.4) is 0 Å². The monoisotopic (exact) mass is 184 g/mol. The van der Waals surface area contributed by atoms with Gasteiger partial charge in [0, 0.05) is 0 Å². The van der Waals surface area contributed by atoms with Gasteiger partial charge < -0.3 is 23.4 Å². The zero-order valence-corrected chi connectivity index (χ0v) is 6.71. The number of hydrogen-bond acceptors (Lipinski definition) is 3. The average molecular weight is 185 g/mol. The molecule has 0 aromatic rings. The van der Waals surface area contributed by atoms with Crippen LogP contribution in [0.4, 0.5) is 0 Å². The summed E-state index contributed by atoms with van der Waals surface area (Å²) in [5.41, 5.74) is 0. The first-order chi connectivity index (χ1) is 1.41. The van der Waals surface area contributed by atoms with E-state index >= 15 is 0 Å². The number of rotatable bonds is 0. The Kier molecular flexibility index (Phi) is 480. The molecule has 0 aliphatic carbocycles. The summed E-state index contributed by atoms with van der Waals surface area (Å²) in [4.78, 5) is 0. The molecule has 0 heterocycles. The molecule has 0 aromatic heterocycles. The van der Waals surface area contributed by atoms with E-state index in [0.29, 0.717) is 0 Å². The molecule has 4 heteroatoms. The first kappa shape index (κ1) is 46.5. The van der Waals surface area contributed by atoms with Gasteiger partial charge in [0.2, 0.25) is 0 Å². The molecule has 0 fully saturated rings. The molecule has 3 nitrogen and oxygen atoms in total. The minimum atomic E-state index is 0. The minimum Gasteiger partial charge on any atom is -0.870 e. The fraction of sp³-hybridized carbons (Fsp3) is 0.667. The Labute approximate surface area is 63.2 Å². The third-order valence-corrected chi connectivity index (χ3v) is 0. The van der Waals surface area contributed by atoms with Crippen LogP contribution in [0.25, 0.3) is 0 Å². The summed E-state index contributed by atoms with van der Waals surface area (Å²) >= 11 is 0. The summed E-state index contributed by atoms with van der Waals surface area (Å²) in [6.07, 6.45) is 1.00. The molecule has 0 rings (SSSR count). The van der Waals surface area contributed by atoms with Crippen molar-refractivity contribution in [1.29, 1.82) is 0 Å². The summed E-state index contributed by atoms with van der Waals surface area (Å²) in [6.45, 7) is 5.50. The van der Waals surface area contributed by atoms with Crippen molar-refractivity contribution in [2.75, 3.05) is 0 Å². The van der Waals surface area contributed by atoms with Crippen molar-refractivity contribution in [2.24, 2.45) is 0 Å². The third-order valence-electron chi connectivity index (χ3n) is 0. The van der Waals surface area contributed by atoms with Crippen LogP contribution in [0.1, 0.15) is 13.3 Å². The Morgan fingerprint density at radius 3 is 1.14 bits per heavy atom. The van der Waals surface area contributed by atoms with Crippen LogP contribution < -0.4 is 0 Å². The largest absolute Gasteiger partial charge is 4.00 e. The second kappa shape index (κ2) is 72.3. The second-order valence-electron chi connectivity index (χ2n) is 0.500. The van der Waals surface area contributed by atoms with Crippen LogP contribution in [0, 0.1) is 6.92 Å². The molecule has 0 saturated carbocycles. The topological polar surface area (TPSA) is 90.0 Å². The molecule has 0 saturated heterocycles. The molecule has 0 spiro atoms. The van der Waals surface area contributed by atoms with E-state index in [9.17, 15) is 0 Å². The van der Waals surface area contributed by atoms with Gasteiger partial charge in [0.15, 0.2) is 0 Å². The molecule has 0 aliphatic rings. The van der Waals surface area contributed by atoms with Gasteiger partial charge in [-0.1, -0.05) is 6.92 Å². The normalized spacial score (nSPS) is 2.57. The molecule has 3 N–H and O–H groups in total. The molecule has 0 atom stereocenters. The van der Waals surface area contributed by atoms with Gasteiger partial charge in [-0.3, -0.25) is 0 Å². The Morgan fingerprint density at radius 2 is 1.14 bits per heavy atom. The molecular formula is C3H10O3Zr. The first-order valence-corrected chi connectivity index (χ1v) is 1.21. The van der Waals surface area contributed by atoms with E-state index in [2.05, 4.69) is 6.92 Å². The van der Waals surface area contributed by atoms with Crippen molar-refractivity contribution in [1.82, 2.24) is 0 Å². The third kappa shape index (κ3) is 263. The predicted molar refractivity (Wildman–Crippen MR) is 21.5 cm³/mol. The van der Waals surface area contributed by atoms with Crippen LogP contribution in [-0.4, -0.2) is 16.4 Å². The van der Waals surface area contributed by atoms with E-state index < -0.39 is 0 Å². The summed E-state index contributed by atoms with van der Waals surface area (Å²) in [6, 6.07) is 0. The second-order valence-corrected chi connectivity index (χ2v) is 0.500. The molecule has 44 valence electrons. The Morgan fingerprint density at radius 1 is 1.14 bits per heavy atom. The van der Waals surface area contributed by atoms with E-state index in [4.69, 9.17) is 0 Å². The van der Waals surface area contributed by atoms with E-state index in [-0.39, 0.29) is 42.6 Å². The maximum atomic E-state index is 3.49. The summed E-state index contributed by atoms with van der Waals surface area (Å²) < 4.78 is 0. The van der Waals surface area contributed by atoms with Crippen molar-refractivity contribution in [3.05, 3.63) is 6.92 Å². The molecular weight excluding hydrogens is 175 g/mol. The maximum Gasteiger partial charge on any atom is 4.00 e. The van der Waals surface area contributed by atoms with Crippen LogP contribution in [0.2, 0.25) is 0 Å². The first-order valence-electron chi connectivity index (χ1n) is 1.21. The zero-order valence-electron chi connectivity index (χ0n) is 4.26. The summed E-state index contributed by atoms with van der Waals surface area (Å²) in [5, 5.41) is 0. The van der Waals surface area contributed by atoms with E-state index in [1.54, 1.807) is 0 Å². The van der Waals surface area contributed by atoms with E-state index in [1.165, 1.54) is 0 Å². The predicted octanol–water partition coefficient (Wildman–Crippen LogP) is 0.698. The minimum absolute atomic E-state index is 0. The standard InChI is InChI=1S/C3H7.3H2O.Zr/c1-3-2;;;;/h1,3H2,2H3;3*1H2;/q-1;;;;+4/p-3. The molecule has 0 radical (unpaired) electrons. The van der Waals surface area contributed by atoms with Crippen molar-refractivity contribution < 1.29 is 42.6 Å². The average Bonchev–Trinajstić information content (AvgIpc) is 0.918. The SMILES string of the molecule is [CH2-]CC.[OH-].[OH-].[OH-].[Zr+4]. The van der Waals surface area contributed by atoms with Gasteiger partial charge in [0.25, 0.3) is 0 Å². The fourth-order valence-corrected chi connectivity index (χ4v) is 0. The molecule has 7 heavy (non-hydrogen) atoms. The summed E-state index contributed by atoms with van der Waals surface area (Å²) in [5.74, 6) is 0. The van der Waals surface area contributed by atoms with Gasteiger partial charge in [0.05, 0.1) is 0 Å². The molecule has 0 bridgehead atoms. The fourth-order valence-electron chi connectivity index (χ4n) is 0. The van der Waals surface area contributed by atoms with Crippen LogP contribution in [-0.2, 0) is 26.2 Å². The van der Waals surface area contributed by atoms with Crippen molar-refractivity contribution in [3.63, 3.8) is 0 Å². The van der Waals surface area contributed by atoms with Crippen molar-refractivity contribution in [3.8, 4) is 0 Å². The smallest absolute Gasteiger partial charge is 0.870 e. The van der Waals surface area contributed by atoms with Crippen LogP contribution >= 0.6 is 0 Å². The van der Waals surface area contributed by atoms with Gasteiger partial charge in [-0.25, -0.2) is 0 Å². The van der Waals surface area contributed by atoms with Crippen LogP contribution in [0.15, 0.2) is 0 Å². The van der Waals surface area contributed by atoms with Gasteiger partial charge in [-0.15, -0.1) is 0 Å². The molecule has 0 amide bonds.